The number of amides is 2. The summed E-state index contributed by atoms with van der Waals surface area (Å²) in [6.45, 7) is 1.03. The molecule has 2 amide bonds. The van der Waals surface area contributed by atoms with Gasteiger partial charge in [-0.05, 0) is 42.2 Å². The van der Waals surface area contributed by atoms with Gasteiger partial charge in [0.25, 0.3) is 0 Å². The van der Waals surface area contributed by atoms with Gasteiger partial charge in [0.2, 0.25) is 11.8 Å². The van der Waals surface area contributed by atoms with Crippen LogP contribution in [0.5, 0.6) is 5.75 Å². The van der Waals surface area contributed by atoms with Gasteiger partial charge < -0.3 is 15.0 Å². The normalized spacial score (nSPS) is 19.2. The molecule has 2 aliphatic rings. The summed E-state index contributed by atoms with van der Waals surface area (Å²) in [5.41, 5.74) is 3.15. The first-order valence-corrected chi connectivity index (χ1v) is 9.11. The van der Waals surface area contributed by atoms with Gasteiger partial charge in [-0.25, -0.2) is 0 Å². The molecule has 0 radical (unpaired) electrons. The number of likely N-dealkylation sites (tertiary alicyclic amines) is 1. The molecule has 1 fully saturated rings. The summed E-state index contributed by atoms with van der Waals surface area (Å²) < 4.78 is 5.89. The average Bonchev–Trinajstić information content (AvgIpc) is 3.03. The Balaban J connectivity index is 1.38. The highest BCUT2D eigenvalue weighted by Crippen LogP contribution is 2.32. The predicted octanol–water partition coefficient (Wildman–Crippen LogP) is 3.31. The fourth-order valence-corrected chi connectivity index (χ4v) is 3.75. The van der Waals surface area contributed by atoms with Crippen molar-refractivity contribution in [3.8, 4) is 5.75 Å². The van der Waals surface area contributed by atoms with Crippen molar-refractivity contribution in [1.29, 1.82) is 0 Å². The molecule has 0 aromatic heterocycles. The van der Waals surface area contributed by atoms with E-state index in [0.29, 0.717) is 26.0 Å². The van der Waals surface area contributed by atoms with Gasteiger partial charge in [-0.15, -0.1) is 0 Å². The maximum atomic E-state index is 12.3. The molecule has 1 N–H and O–H groups in total. The smallest absolute Gasteiger partial charge is 0.224 e. The predicted molar refractivity (Wildman–Crippen MR) is 99.0 cm³/mol. The number of aryl methyl sites for hydroxylation is 1. The Labute approximate surface area is 153 Å². The van der Waals surface area contributed by atoms with Gasteiger partial charge in [0.05, 0.1) is 12.6 Å². The number of nitrogens with one attached hydrogen (secondary N) is 1. The highest BCUT2D eigenvalue weighted by atomic mass is 16.5. The summed E-state index contributed by atoms with van der Waals surface area (Å²) in [5, 5.41) is 2.87. The summed E-state index contributed by atoms with van der Waals surface area (Å²) in [7, 11) is 0. The number of nitrogens with zero attached hydrogens (tertiary/aromatic N) is 1. The van der Waals surface area contributed by atoms with Crippen molar-refractivity contribution < 1.29 is 14.3 Å². The van der Waals surface area contributed by atoms with Crippen LogP contribution < -0.4 is 10.1 Å². The Morgan fingerprint density at radius 3 is 2.73 bits per heavy atom. The fraction of sp³-hybridized carbons (Fsp3) is 0.333. The van der Waals surface area contributed by atoms with Gasteiger partial charge in [-0.2, -0.15) is 0 Å². The van der Waals surface area contributed by atoms with Crippen LogP contribution in [0.3, 0.4) is 0 Å². The van der Waals surface area contributed by atoms with Gasteiger partial charge in [-0.3, -0.25) is 9.59 Å². The van der Waals surface area contributed by atoms with Crippen molar-refractivity contribution >= 4 is 17.5 Å². The van der Waals surface area contributed by atoms with E-state index in [4.69, 9.17) is 4.74 Å². The van der Waals surface area contributed by atoms with Gasteiger partial charge >= 0.3 is 0 Å². The van der Waals surface area contributed by atoms with Crippen molar-refractivity contribution in [1.82, 2.24) is 4.90 Å². The van der Waals surface area contributed by atoms with Crippen LogP contribution in [-0.2, 0) is 16.0 Å². The maximum Gasteiger partial charge on any atom is 0.224 e. The first-order valence-electron chi connectivity index (χ1n) is 9.11. The summed E-state index contributed by atoms with van der Waals surface area (Å²) in [6, 6.07) is 16.1. The number of ether oxygens (including phenoxy) is 1. The van der Waals surface area contributed by atoms with Crippen LogP contribution in [0.4, 0.5) is 5.69 Å². The molecule has 4 rings (SSSR count). The summed E-state index contributed by atoms with van der Waals surface area (Å²) in [4.78, 5) is 25.6. The zero-order valence-corrected chi connectivity index (χ0v) is 14.6. The third kappa shape index (κ3) is 3.43. The van der Waals surface area contributed by atoms with E-state index in [2.05, 4.69) is 17.4 Å². The molecular formula is C21H22N2O3. The molecule has 0 bridgehead atoms. The fourth-order valence-electron chi connectivity index (χ4n) is 3.75. The van der Waals surface area contributed by atoms with E-state index in [1.54, 1.807) is 0 Å². The lowest BCUT2D eigenvalue weighted by Gasteiger charge is -2.25. The largest absolute Gasteiger partial charge is 0.492 e. The van der Waals surface area contributed by atoms with Crippen molar-refractivity contribution in [3.63, 3.8) is 0 Å². The lowest BCUT2D eigenvalue weighted by molar-refractivity contribution is -0.129. The molecule has 1 unspecified atom stereocenters. The number of carbonyl (C=O) groups is 2. The molecular weight excluding hydrogens is 328 g/mol. The zero-order chi connectivity index (χ0) is 17.9. The van der Waals surface area contributed by atoms with E-state index >= 15 is 0 Å². The molecule has 134 valence electrons. The van der Waals surface area contributed by atoms with Crippen LogP contribution in [0, 0.1) is 0 Å². The Bertz CT molecular complexity index is 819. The Kier molecular flexibility index (Phi) is 4.61. The second-order valence-electron chi connectivity index (χ2n) is 6.77. The molecule has 0 aliphatic carbocycles. The van der Waals surface area contributed by atoms with Crippen LogP contribution in [0.2, 0.25) is 0 Å². The van der Waals surface area contributed by atoms with Crippen LogP contribution in [0.1, 0.15) is 36.4 Å². The monoisotopic (exact) mass is 350 g/mol. The van der Waals surface area contributed by atoms with Crippen LogP contribution in [0.25, 0.3) is 0 Å². The molecule has 5 heteroatoms. The quantitative estimate of drug-likeness (QED) is 0.900. The standard InChI is InChI=1S/C21H22N2O3/c24-20-10-6-16-14-17(7-8-18(16)22-20)26-13-12-23-19(9-11-21(23)25)15-4-2-1-3-5-15/h1-5,7-8,14,19H,6,9-13H2,(H,22,24). The minimum Gasteiger partial charge on any atom is -0.492 e. The SMILES string of the molecule is O=C1CCc2cc(OCCN3C(=O)CCC3c3ccccc3)ccc2N1. The topological polar surface area (TPSA) is 58.6 Å². The molecule has 0 spiro atoms. The van der Waals surface area contributed by atoms with Crippen molar-refractivity contribution in [2.45, 2.75) is 31.7 Å². The minimum absolute atomic E-state index is 0.0608. The molecule has 2 heterocycles. The number of rotatable bonds is 5. The second-order valence-corrected chi connectivity index (χ2v) is 6.77. The number of fused-ring (bicyclic) bond motifs is 1. The summed E-state index contributed by atoms with van der Waals surface area (Å²) in [6.07, 6.45) is 2.70. The zero-order valence-electron chi connectivity index (χ0n) is 14.6. The third-order valence-corrected chi connectivity index (χ3v) is 5.09. The number of benzene rings is 2. The van der Waals surface area contributed by atoms with Gasteiger partial charge in [-0.1, -0.05) is 30.3 Å². The van der Waals surface area contributed by atoms with Crippen LogP contribution in [-0.4, -0.2) is 29.9 Å². The first kappa shape index (κ1) is 16.6. The van der Waals surface area contributed by atoms with Crippen molar-refractivity contribution in [2.75, 3.05) is 18.5 Å². The van der Waals surface area contributed by atoms with E-state index in [-0.39, 0.29) is 17.9 Å². The lowest BCUT2D eigenvalue weighted by Crippen LogP contribution is -2.31. The van der Waals surface area contributed by atoms with E-state index in [1.807, 2.05) is 41.3 Å². The first-order chi connectivity index (χ1) is 12.7. The highest BCUT2D eigenvalue weighted by Gasteiger charge is 2.31. The summed E-state index contributed by atoms with van der Waals surface area (Å²) in [5.74, 6) is 1.03. The number of hydrogen-bond donors (Lipinski definition) is 1. The molecule has 2 aliphatic heterocycles. The molecule has 26 heavy (non-hydrogen) atoms. The van der Waals surface area contributed by atoms with Gasteiger partial charge in [0.15, 0.2) is 0 Å². The van der Waals surface area contributed by atoms with E-state index in [1.165, 1.54) is 5.56 Å². The van der Waals surface area contributed by atoms with Crippen molar-refractivity contribution in [2.24, 2.45) is 0 Å². The van der Waals surface area contributed by atoms with Crippen LogP contribution in [0.15, 0.2) is 48.5 Å². The van der Waals surface area contributed by atoms with E-state index in [9.17, 15) is 9.59 Å². The highest BCUT2D eigenvalue weighted by molar-refractivity contribution is 5.94. The molecule has 5 nitrogen and oxygen atoms in total. The summed E-state index contributed by atoms with van der Waals surface area (Å²) >= 11 is 0. The molecule has 2 aromatic carbocycles. The molecule has 1 saturated heterocycles. The Morgan fingerprint density at radius 2 is 1.88 bits per heavy atom. The number of carbonyl (C=O) groups excluding carboxylic acids is 2. The number of hydrogen-bond acceptors (Lipinski definition) is 3. The van der Waals surface area contributed by atoms with Gasteiger partial charge in [0, 0.05) is 18.5 Å². The van der Waals surface area contributed by atoms with Gasteiger partial charge in [0.1, 0.15) is 12.4 Å². The lowest BCUT2D eigenvalue weighted by atomic mass is 10.0. The maximum absolute atomic E-state index is 12.3. The Morgan fingerprint density at radius 1 is 1.04 bits per heavy atom. The third-order valence-electron chi connectivity index (χ3n) is 5.09. The van der Waals surface area contributed by atoms with E-state index < -0.39 is 0 Å². The second kappa shape index (κ2) is 7.20. The van der Waals surface area contributed by atoms with Crippen LogP contribution >= 0.6 is 0 Å². The molecule has 2 aromatic rings. The van der Waals surface area contributed by atoms with Crippen molar-refractivity contribution in [3.05, 3.63) is 59.7 Å². The number of anilines is 1. The van der Waals surface area contributed by atoms with E-state index in [0.717, 1.165) is 29.8 Å². The Hall–Kier alpha value is -2.82. The minimum atomic E-state index is 0.0608. The molecule has 1 atom stereocenters. The molecule has 0 saturated carbocycles. The average molecular weight is 350 g/mol.